The number of hydrogen-bond donors (Lipinski definition) is 0. The molecule has 9 heavy (non-hydrogen) atoms. The summed E-state index contributed by atoms with van der Waals surface area (Å²) in [5, 5.41) is 2.18. The van der Waals surface area contributed by atoms with Gasteiger partial charge in [-0.25, -0.2) is 0 Å². The minimum Gasteiger partial charge on any atom is -0.337 e. The third kappa shape index (κ3) is 0.793. The minimum atomic E-state index is 1.08. The van der Waals surface area contributed by atoms with Gasteiger partial charge in [0, 0.05) is 11.9 Å². The highest BCUT2D eigenvalue weighted by Crippen LogP contribution is 2.25. The van der Waals surface area contributed by atoms with E-state index in [-0.39, 0.29) is 0 Å². The summed E-state index contributed by atoms with van der Waals surface area (Å²) in [5.41, 5.74) is 1.32. The minimum absolute atomic E-state index is 1.08. The van der Waals surface area contributed by atoms with Crippen LogP contribution in [0.2, 0.25) is 0 Å². The van der Waals surface area contributed by atoms with Gasteiger partial charge in [0.25, 0.3) is 0 Å². The lowest BCUT2D eigenvalue weighted by atomic mass is 10.3. The molecule has 0 N–H and O–H groups in total. The van der Waals surface area contributed by atoms with Crippen LogP contribution in [0.4, 0.5) is 0 Å². The molecule has 0 radical (unpaired) electrons. The molecule has 2 heteroatoms. The van der Waals surface area contributed by atoms with Gasteiger partial charge in [-0.15, -0.1) is 11.8 Å². The van der Waals surface area contributed by atoms with Crippen LogP contribution in [0.15, 0.2) is 35.5 Å². The molecule has 0 unspecified atom stereocenters. The monoisotopic (exact) mass is 137 g/mol. The molecule has 0 saturated heterocycles. The van der Waals surface area contributed by atoms with Gasteiger partial charge >= 0.3 is 0 Å². The molecule has 0 fully saturated rings. The van der Waals surface area contributed by atoms with Gasteiger partial charge < -0.3 is 4.90 Å². The maximum atomic E-state index is 2.23. The van der Waals surface area contributed by atoms with Crippen molar-refractivity contribution in [2.45, 2.75) is 0 Å². The molecule has 0 aromatic heterocycles. The van der Waals surface area contributed by atoms with Crippen molar-refractivity contribution >= 4 is 11.8 Å². The molecular weight excluding hydrogens is 130 g/mol. The van der Waals surface area contributed by atoms with Gasteiger partial charge in [0.1, 0.15) is 0 Å². The lowest BCUT2D eigenvalue weighted by Crippen LogP contribution is -2.10. The zero-order valence-corrected chi connectivity index (χ0v) is 5.77. The van der Waals surface area contributed by atoms with E-state index in [2.05, 4.69) is 34.7 Å². The molecule has 0 atom stereocenters. The summed E-state index contributed by atoms with van der Waals surface area (Å²) in [4.78, 5) is 2.23. The van der Waals surface area contributed by atoms with Crippen molar-refractivity contribution in [3.8, 4) is 0 Å². The lowest BCUT2D eigenvalue weighted by Gasteiger charge is -2.15. The molecule has 2 aliphatic rings. The largest absolute Gasteiger partial charge is 0.337 e. The van der Waals surface area contributed by atoms with Crippen molar-refractivity contribution in [3.05, 3.63) is 35.5 Å². The van der Waals surface area contributed by atoms with E-state index in [1.807, 2.05) is 11.8 Å². The highest BCUT2D eigenvalue weighted by atomic mass is 32.2. The second kappa shape index (κ2) is 1.95. The molecule has 2 aliphatic heterocycles. The predicted octanol–water partition coefficient (Wildman–Crippen LogP) is 1.92. The van der Waals surface area contributed by atoms with E-state index >= 15 is 0 Å². The van der Waals surface area contributed by atoms with Crippen LogP contribution in [-0.2, 0) is 0 Å². The van der Waals surface area contributed by atoms with Crippen molar-refractivity contribution < 1.29 is 0 Å². The molecule has 0 amide bonds. The van der Waals surface area contributed by atoms with Crippen molar-refractivity contribution in [3.63, 3.8) is 0 Å². The number of rotatable bonds is 0. The molecule has 0 aliphatic carbocycles. The summed E-state index contributed by atoms with van der Waals surface area (Å²) in [6.45, 7) is 0. The fourth-order valence-corrected chi connectivity index (χ4v) is 1.77. The van der Waals surface area contributed by atoms with E-state index in [1.165, 1.54) is 5.70 Å². The van der Waals surface area contributed by atoms with Crippen molar-refractivity contribution in [1.29, 1.82) is 0 Å². The average Bonchev–Trinajstić information content (AvgIpc) is 2.33. The highest BCUT2D eigenvalue weighted by molar-refractivity contribution is 8.02. The first-order chi connectivity index (χ1) is 4.47. The van der Waals surface area contributed by atoms with Crippen LogP contribution in [0.5, 0.6) is 0 Å². The average molecular weight is 137 g/mol. The van der Waals surface area contributed by atoms with Gasteiger partial charge in [0.05, 0.1) is 5.88 Å². The van der Waals surface area contributed by atoms with E-state index in [1.54, 1.807) is 0 Å². The summed E-state index contributed by atoms with van der Waals surface area (Å²) >= 11 is 1.84. The summed E-state index contributed by atoms with van der Waals surface area (Å²) in [6.07, 6.45) is 8.35. The fourth-order valence-electron chi connectivity index (χ4n) is 0.917. The zero-order chi connectivity index (χ0) is 6.10. The van der Waals surface area contributed by atoms with Crippen LogP contribution < -0.4 is 0 Å². The third-order valence-corrected chi connectivity index (χ3v) is 2.23. The molecule has 1 nitrogen and oxygen atoms in total. The second-order valence-corrected chi connectivity index (χ2v) is 2.84. The molecule has 0 aromatic carbocycles. The first kappa shape index (κ1) is 5.18. The standard InChI is InChI=1S/C7H7NS/c1-2-4-8-6-9-5-7(8)3-1/h1-5H,6H2. The van der Waals surface area contributed by atoms with Gasteiger partial charge in [-0.3, -0.25) is 0 Å². The van der Waals surface area contributed by atoms with Crippen LogP contribution in [-0.4, -0.2) is 10.8 Å². The van der Waals surface area contributed by atoms with Crippen LogP contribution in [0.25, 0.3) is 0 Å². The number of thioether (sulfide) groups is 1. The lowest BCUT2D eigenvalue weighted by molar-refractivity contribution is 0.574. The predicted molar refractivity (Wildman–Crippen MR) is 40.7 cm³/mol. The molecule has 46 valence electrons. The van der Waals surface area contributed by atoms with Gasteiger partial charge in [-0.1, -0.05) is 6.08 Å². The number of fused-ring (bicyclic) bond motifs is 1. The Morgan fingerprint density at radius 1 is 1.44 bits per heavy atom. The zero-order valence-electron chi connectivity index (χ0n) is 4.95. The van der Waals surface area contributed by atoms with Crippen LogP contribution in [0.3, 0.4) is 0 Å². The Morgan fingerprint density at radius 2 is 2.44 bits per heavy atom. The van der Waals surface area contributed by atoms with Gasteiger partial charge in [0.15, 0.2) is 0 Å². The maximum absolute atomic E-state index is 2.23. The molecular formula is C7H7NS. The highest BCUT2D eigenvalue weighted by Gasteiger charge is 2.10. The van der Waals surface area contributed by atoms with Crippen molar-refractivity contribution in [2.75, 3.05) is 5.88 Å². The Bertz CT molecular complexity index is 200. The van der Waals surface area contributed by atoms with Crippen LogP contribution in [0.1, 0.15) is 0 Å². The molecule has 2 heterocycles. The van der Waals surface area contributed by atoms with Crippen LogP contribution >= 0.6 is 11.8 Å². The number of hydrogen-bond acceptors (Lipinski definition) is 2. The third-order valence-electron chi connectivity index (χ3n) is 1.39. The summed E-state index contributed by atoms with van der Waals surface area (Å²) in [7, 11) is 0. The number of nitrogens with zero attached hydrogens (tertiary/aromatic N) is 1. The topological polar surface area (TPSA) is 3.24 Å². The van der Waals surface area contributed by atoms with E-state index in [4.69, 9.17) is 0 Å². The summed E-state index contributed by atoms with van der Waals surface area (Å²) in [5.74, 6) is 1.08. The SMILES string of the molecule is C1=CC2=CSCN2C=C1. The smallest absolute Gasteiger partial charge is 0.0723 e. The van der Waals surface area contributed by atoms with E-state index in [0.29, 0.717) is 0 Å². The van der Waals surface area contributed by atoms with Crippen molar-refractivity contribution in [1.82, 2.24) is 4.90 Å². The van der Waals surface area contributed by atoms with E-state index < -0.39 is 0 Å². The molecule has 0 saturated carbocycles. The molecule has 2 rings (SSSR count). The van der Waals surface area contributed by atoms with Crippen LogP contribution in [0, 0.1) is 0 Å². The quantitative estimate of drug-likeness (QED) is 0.502. The summed E-state index contributed by atoms with van der Waals surface area (Å²) < 4.78 is 0. The summed E-state index contributed by atoms with van der Waals surface area (Å²) in [6, 6.07) is 0. The Balaban J connectivity index is 2.33. The van der Waals surface area contributed by atoms with Gasteiger partial charge in [-0.2, -0.15) is 0 Å². The Labute approximate surface area is 58.7 Å². The Hall–Kier alpha value is -0.630. The van der Waals surface area contributed by atoms with Crippen molar-refractivity contribution in [2.24, 2.45) is 0 Å². The Morgan fingerprint density at radius 3 is 3.33 bits per heavy atom. The number of allylic oxidation sites excluding steroid dienone is 3. The van der Waals surface area contributed by atoms with E-state index in [9.17, 15) is 0 Å². The van der Waals surface area contributed by atoms with Gasteiger partial charge in [0.2, 0.25) is 0 Å². The molecule has 0 aromatic rings. The first-order valence-corrected chi connectivity index (χ1v) is 3.95. The maximum Gasteiger partial charge on any atom is 0.0723 e. The molecule has 0 bridgehead atoms. The Kier molecular flexibility index (Phi) is 1.12. The normalized spacial score (nSPS) is 22.2. The van der Waals surface area contributed by atoms with E-state index in [0.717, 1.165) is 5.88 Å². The molecule has 0 spiro atoms. The second-order valence-electron chi connectivity index (χ2n) is 2.01. The fraction of sp³-hybridized carbons (Fsp3) is 0.143. The first-order valence-electron chi connectivity index (χ1n) is 2.90. The van der Waals surface area contributed by atoms with Gasteiger partial charge in [-0.05, 0) is 17.6 Å².